The van der Waals surface area contributed by atoms with Crippen molar-refractivity contribution in [2.75, 3.05) is 0 Å². The third-order valence-electron chi connectivity index (χ3n) is 4.75. The molecule has 3 nitrogen and oxygen atoms in total. The van der Waals surface area contributed by atoms with Crippen molar-refractivity contribution in [2.24, 2.45) is 10.1 Å². The highest BCUT2D eigenvalue weighted by Crippen LogP contribution is 2.24. The Hall–Kier alpha value is -2.39. The fourth-order valence-corrected chi connectivity index (χ4v) is 3.44. The maximum absolute atomic E-state index is 5.94. The van der Waals surface area contributed by atoms with E-state index in [0.29, 0.717) is 0 Å². The van der Waals surface area contributed by atoms with Gasteiger partial charge in [-0.05, 0) is 66.6 Å². The number of nitrogens with zero attached hydrogens (tertiary/aromatic N) is 2. The van der Waals surface area contributed by atoms with Crippen LogP contribution in [0.2, 0.25) is 5.02 Å². The quantitative estimate of drug-likeness (QED) is 0.615. The molecule has 0 unspecified atom stereocenters. The summed E-state index contributed by atoms with van der Waals surface area (Å²) in [5.74, 6) is 0.866. The lowest BCUT2D eigenvalue weighted by atomic mass is 10.0. The SMILES string of the molecule is C/C(=N\NC1=NC(c2ccc(Cl)cc2)=CC1)c1ccc2c(c1)CCC2. The maximum Gasteiger partial charge on any atom is 0.126 e. The molecule has 1 aliphatic heterocycles. The van der Waals surface area contributed by atoms with E-state index in [4.69, 9.17) is 11.6 Å². The van der Waals surface area contributed by atoms with E-state index in [9.17, 15) is 0 Å². The predicted molar refractivity (Wildman–Crippen MR) is 105 cm³/mol. The van der Waals surface area contributed by atoms with Gasteiger partial charge in [-0.15, -0.1) is 0 Å². The van der Waals surface area contributed by atoms with E-state index in [2.05, 4.69) is 39.8 Å². The lowest BCUT2D eigenvalue weighted by molar-refractivity contribution is 0.911. The fourth-order valence-electron chi connectivity index (χ4n) is 3.31. The number of aryl methyl sites for hydroxylation is 2. The van der Waals surface area contributed by atoms with Crippen molar-refractivity contribution >= 4 is 28.8 Å². The molecule has 25 heavy (non-hydrogen) atoms. The smallest absolute Gasteiger partial charge is 0.126 e. The second-order valence-electron chi connectivity index (χ2n) is 6.50. The average molecular weight is 350 g/mol. The number of aliphatic imine (C=N–C) groups is 1. The molecular weight excluding hydrogens is 330 g/mol. The van der Waals surface area contributed by atoms with Gasteiger partial charge >= 0.3 is 0 Å². The number of hydrogen-bond donors (Lipinski definition) is 1. The highest BCUT2D eigenvalue weighted by atomic mass is 35.5. The molecule has 2 aromatic rings. The fraction of sp³-hybridized carbons (Fsp3) is 0.238. The lowest BCUT2D eigenvalue weighted by Crippen LogP contribution is -2.17. The first-order valence-electron chi connectivity index (χ1n) is 8.65. The molecule has 0 spiro atoms. The molecule has 4 rings (SSSR count). The molecule has 1 aliphatic carbocycles. The Balaban J connectivity index is 1.45. The molecule has 2 aromatic carbocycles. The summed E-state index contributed by atoms with van der Waals surface area (Å²) in [6, 6.07) is 14.4. The van der Waals surface area contributed by atoms with Crippen LogP contribution in [0.3, 0.4) is 0 Å². The number of nitrogens with one attached hydrogen (secondary N) is 1. The highest BCUT2D eigenvalue weighted by Gasteiger charge is 2.13. The van der Waals surface area contributed by atoms with E-state index in [0.717, 1.165) is 34.3 Å². The van der Waals surface area contributed by atoms with Gasteiger partial charge in [0.25, 0.3) is 0 Å². The van der Waals surface area contributed by atoms with Crippen molar-refractivity contribution in [2.45, 2.75) is 32.6 Å². The van der Waals surface area contributed by atoms with E-state index in [1.807, 2.05) is 31.2 Å². The molecule has 0 saturated heterocycles. The normalized spacial score (nSPS) is 16.5. The first-order chi connectivity index (χ1) is 12.2. The topological polar surface area (TPSA) is 36.8 Å². The van der Waals surface area contributed by atoms with Crippen molar-refractivity contribution in [3.8, 4) is 0 Å². The van der Waals surface area contributed by atoms with Crippen LogP contribution in [0.15, 0.2) is 58.6 Å². The molecule has 0 aromatic heterocycles. The minimum atomic E-state index is 0.735. The van der Waals surface area contributed by atoms with Gasteiger partial charge in [-0.1, -0.05) is 41.9 Å². The van der Waals surface area contributed by atoms with Crippen molar-refractivity contribution < 1.29 is 0 Å². The van der Waals surface area contributed by atoms with Crippen LogP contribution in [0.25, 0.3) is 5.70 Å². The molecule has 0 amide bonds. The molecule has 126 valence electrons. The van der Waals surface area contributed by atoms with Gasteiger partial charge in [0.1, 0.15) is 5.84 Å². The summed E-state index contributed by atoms with van der Waals surface area (Å²) in [7, 11) is 0. The lowest BCUT2D eigenvalue weighted by Gasteiger charge is -2.06. The molecule has 0 saturated carbocycles. The van der Waals surface area contributed by atoms with Gasteiger partial charge in [0, 0.05) is 11.4 Å². The molecule has 4 heteroatoms. The Labute approximate surface area is 153 Å². The van der Waals surface area contributed by atoms with E-state index >= 15 is 0 Å². The van der Waals surface area contributed by atoms with Crippen molar-refractivity contribution in [1.82, 2.24) is 5.43 Å². The zero-order valence-electron chi connectivity index (χ0n) is 14.2. The van der Waals surface area contributed by atoms with E-state index < -0.39 is 0 Å². The van der Waals surface area contributed by atoms with Crippen LogP contribution in [-0.2, 0) is 12.8 Å². The first-order valence-corrected chi connectivity index (χ1v) is 9.03. The van der Waals surface area contributed by atoms with Crippen molar-refractivity contribution in [3.05, 3.63) is 75.8 Å². The number of hydrazone groups is 1. The van der Waals surface area contributed by atoms with Gasteiger partial charge in [-0.3, -0.25) is 5.43 Å². The minimum Gasteiger partial charge on any atom is -0.264 e. The maximum atomic E-state index is 5.94. The van der Waals surface area contributed by atoms with E-state index in [1.165, 1.54) is 36.0 Å². The monoisotopic (exact) mass is 349 g/mol. The molecule has 0 fully saturated rings. The summed E-state index contributed by atoms with van der Waals surface area (Å²) in [6.45, 7) is 2.03. The number of benzene rings is 2. The molecule has 1 heterocycles. The average Bonchev–Trinajstić information content (AvgIpc) is 3.29. The van der Waals surface area contributed by atoms with Crippen LogP contribution >= 0.6 is 11.6 Å². The van der Waals surface area contributed by atoms with Crippen LogP contribution in [0.4, 0.5) is 0 Å². The Morgan fingerprint density at radius 2 is 1.88 bits per heavy atom. The zero-order chi connectivity index (χ0) is 17.2. The Kier molecular flexibility index (Phi) is 4.41. The Morgan fingerprint density at radius 3 is 2.72 bits per heavy atom. The third-order valence-corrected chi connectivity index (χ3v) is 5.01. The second-order valence-corrected chi connectivity index (χ2v) is 6.94. The third kappa shape index (κ3) is 3.52. The van der Waals surface area contributed by atoms with Gasteiger partial charge in [0.15, 0.2) is 0 Å². The van der Waals surface area contributed by atoms with Gasteiger partial charge in [-0.25, -0.2) is 4.99 Å². The summed E-state index contributed by atoms with van der Waals surface area (Å²) >= 11 is 5.94. The molecule has 1 N–H and O–H groups in total. The van der Waals surface area contributed by atoms with E-state index in [1.54, 1.807) is 0 Å². The molecule has 0 bridgehead atoms. The Bertz CT molecular complexity index is 892. The number of amidine groups is 1. The number of halogens is 1. The largest absolute Gasteiger partial charge is 0.264 e. The summed E-state index contributed by atoms with van der Waals surface area (Å²) in [6.07, 6.45) is 6.53. The van der Waals surface area contributed by atoms with Crippen LogP contribution in [0.5, 0.6) is 0 Å². The predicted octanol–water partition coefficient (Wildman–Crippen LogP) is 4.99. The highest BCUT2D eigenvalue weighted by molar-refractivity contribution is 6.30. The number of rotatable bonds is 3. The molecule has 0 atom stereocenters. The van der Waals surface area contributed by atoms with Crippen LogP contribution < -0.4 is 5.43 Å². The summed E-state index contributed by atoms with van der Waals surface area (Å²) in [5.41, 5.74) is 10.3. The number of fused-ring (bicyclic) bond motifs is 1. The molecule has 0 radical (unpaired) electrons. The van der Waals surface area contributed by atoms with Gasteiger partial charge in [0.2, 0.25) is 0 Å². The van der Waals surface area contributed by atoms with Crippen LogP contribution in [-0.4, -0.2) is 11.5 Å². The molecule has 2 aliphatic rings. The zero-order valence-corrected chi connectivity index (χ0v) is 15.0. The van der Waals surface area contributed by atoms with Gasteiger partial charge < -0.3 is 0 Å². The van der Waals surface area contributed by atoms with E-state index in [-0.39, 0.29) is 0 Å². The standard InChI is InChI=1S/C21H20ClN3/c1-14(17-6-5-15-3-2-4-18(15)13-17)24-25-21-12-11-20(23-21)16-7-9-19(22)10-8-16/h5-11,13H,2-4,12H2,1H3,(H,23,25)/b24-14+. The second kappa shape index (κ2) is 6.85. The van der Waals surface area contributed by atoms with Crippen molar-refractivity contribution in [3.63, 3.8) is 0 Å². The summed E-state index contributed by atoms with van der Waals surface area (Å²) < 4.78 is 0. The van der Waals surface area contributed by atoms with Crippen molar-refractivity contribution in [1.29, 1.82) is 0 Å². The molecular formula is C21H20ClN3. The Morgan fingerprint density at radius 1 is 1.08 bits per heavy atom. The minimum absolute atomic E-state index is 0.735. The van der Waals surface area contributed by atoms with Gasteiger partial charge in [-0.2, -0.15) is 5.10 Å². The first kappa shape index (κ1) is 16.1. The van der Waals surface area contributed by atoms with Gasteiger partial charge in [0.05, 0.1) is 11.4 Å². The summed E-state index contributed by atoms with van der Waals surface area (Å²) in [4.78, 5) is 4.63. The van der Waals surface area contributed by atoms with Crippen LogP contribution in [0, 0.1) is 0 Å². The summed E-state index contributed by atoms with van der Waals surface area (Å²) in [5, 5.41) is 5.26. The number of hydrogen-bond acceptors (Lipinski definition) is 3. The van der Waals surface area contributed by atoms with Crippen LogP contribution in [0.1, 0.15) is 42.0 Å².